The molecule has 2 aliphatic rings. The van der Waals surface area contributed by atoms with E-state index in [9.17, 15) is 14.4 Å². The maximum atomic E-state index is 12.9. The van der Waals surface area contributed by atoms with E-state index in [0.29, 0.717) is 6.54 Å². The molecule has 0 saturated carbocycles. The third-order valence-electron chi connectivity index (χ3n) is 5.13. The first-order chi connectivity index (χ1) is 13.1. The van der Waals surface area contributed by atoms with Crippen molar-refractivity contribution in [3.05, 3.63) is 46.0 Å². The van der Waals surface area contributed by atoms with Crippen molar-refractivity contribution in [3.8, 4) is 0 Å². The number of carbonyl (C=O) groups is 2. The highest BCUT2D eigenvalue weighted by Gasteiger charge is 2.41. The summed E-state index contributed by atoms with van der Waals surface area (Å²) in [4.78, 5) is 40.8. The molecule has 4 heterocycles. The Hall–Kier alpha value is -2.72. The van der Waals surface area contributed by atoms with Crippen molar-refractivity contribution < 1.29 is 14.1 Å². The van der Waals surface area contributed by atoms with Gasteiger partial charge in [-0.25, -0.2) is 0 Å². The van der Waals surface area contributed by atoms with Crippen LogP contribution in [0.1, 0.15) is 40.6 Å². The van der Waals surface area contributed by atoms with Crippen LogP contribution >= 0.6 is 12.4 Å². The summed E-state index contributed by atoms with van der Waals surface area (Å²) in [6.45, 7) is 1.47. The maximum Gasteiger partial charge on any atom is 0.292 e. The Labute approximate surface area is 166 Å². The van der Waals surface area contributed by atoms with E-state index in [4.69, 9.17) is 4.52 Å². The summed E-state index contributed by atoms with van der Waals surface area (Å²) < 4.78 is 6.59. The van der Waals surface area contributed by atoms with Crippen LogP contribution in [0.4, 0.5) is 0 Å². The van der Waals surface area contributed by atoms with Crippen molar-refractivity contribution in [2.75, 3.05) is 20.1 Å². The molecular weight excluding hydrogens is 388 g/mol. The van der Waals surface area contributed by atoms with E-state index in [0.717, 1.165) is 18.7 Å². The third kappa shape index (κ3) is 3.52. The third-order valence-corrected chi connectivity index (χ3v) is 5.13. The molecule has 1 fully saturated rings. The first-order valence-corrected chi connectivity index (χ1v) is 8.83. The average Bonchev–Trinajstić information content (AvgIpc) is 3.16. The first-order valence-electron chi connectivity index (χ1n) is 8.83. The standard InChI is InChI=1S/C17H20N6O4.ClH/c1-18-17(26)15-21-12(27-22-15)8-20-16(25)14-10-5-9(6-19-7-10)11-3-2-4-13(24)23(11)14;/h2-4,9-10,14,19H,5-8H2,1H3,(H,18,26)(H,20,25);1H/t9-,10+,14-;/m1./s1. The van der Waals surface area contributed by atoms with Gasteiger partial charge in [-0.1, -0.05) is 11.2 Å². The van der Waals surface area contributed by atoms with Gasteiger partial charge in [0.25, 0.3) is 17.3 Å². The fourth-order valence-corrected chi connectivity index (χ4v) is 3.93. The largest absolute Gasteiger partial charge is 0.352 e. The molecule has 10 nitrogen and oxygen atoms in total. The van der Waals surface area contributed by atoms with E-state index < -0.39 is 11.9 Å². The molecule has 3 atom stereocenters. The van der Waals surface area contributed by atoms with Gasteiger partial charge in [0.1, 0.15) is 6.04 Å². The molecule has 150 valence electrons. The summed E-state index contributed by atoms with van der Waals surface area (Å²) in [7, 11) is 1.46. The van der Waals surface area contributed by atoms with Crippen LogP contribution in [0.25, 0.3) is 0 Å². The number of carbonyl (C=O) groups excluding carboxylic acids is 2. The summed E-state index contributed by atoms with van der Waals surface area (Å²) in [5, 5.41) is 12.1. The maximum absolute atomic E-state index is 12.9. The Morgan fingerprint density at radius 3 is 2.96 bits per heavy atom. The van der Waals surface area contributed by atoms with Gasteiger partial charge in [-0.2, -0.15) is 4.98 Å². The van der Waals surface area contributed by atoms with Crippen LogP contribution in [0.3, 0.4) is 0 Å². The second-order valence-corrected chi connectivity index (χ2v) is 6.76. The molecule has 3 N–H and O–H groups in total. The highest BCUT2D eigenvalue weighted by molar-refractivity contribution is 5.89. The van der Waals surface area contributed by atoms with Crippen molar-refractivity contribution in [1.82, 2.24) is 30.7 Å². The Morgan fingerprint density at radius 1 is 1.36 bits per heavy atom. The number of halogens is 1. The minimum Gasteiger partial charge on any atom is -0.352 e. The number of hydrogen-bond donors (Lipinski definition) is 3. The Bertz CT molecular complexity index is 942. The predicted octanol–water partition coefficient (Wildman–Crippen LogP) is -0.423. The Balaban J connectivity index is 0.00000225. The monoisotopic (exact) mass is 408 g/mol. The van der Waals surface area contributed by atoms with E-state index in [2.05, 4.69) is 26.1 Å². The molecule has 2 aromatic rings. The molecule has 0 aliphatic carbocycles. The van der Waals surface area contributed by atoms with E-state index in [1.165, 1.54) is 13.1 Å². The van der Waals surface area contributed by atoms with Gasteiger partial charge in [-0.15, -0.1) is 12.4 Å². The van der Waals surface area contributed by atoms with E-state index in [-0.39, 0.29) is 54.0 Å². The second kappa shape index (κ2) is 8.11. The number of nitrogens with zero attached hydrogens (tertiary/aromatic N) is 3. The van der Waals surface area contributed by atoms with Crippen molar-refractivity contribution in [2.24, 2.45) is 5.92 Å². The number of aromatic nitrogens is 3. The number of hydrogen-bond acceptors (Lipinski definition) is 7. The van der Waals surface area contributed by atoms with Gasteiger partial charge in [0.15, 0.2) is 0 Å². The minimum atomic E-state index is -0.598. The smallest absolute Gasteiger partial charge is 0.292 e. The average molecular weight is 409 g/mol. The van der Waals surface area contributed by atoms with Gasteiger partial charge in [0.05, 0.1) is 6.54 Å². The van der Waals surface area contributed by atoms with Crippen LogP contribution in [-0.2, 0) is 11.3 Å². The van der Waals surface area contributed by atoms with Gasteiger partial charge in [0.2, 0.25) is 11.8 Å². The molecular formula is C17H21ClN6O4. The predicted molar refractivity (Wildman–Crippen MR) is 100 cm³/mol. The number of nitrogens with one attached hydrogen (secondary N) is 3. The van der Waals surface area contributed by atoms with Crippen LogP contribution in [0.5, 0.6) is 0 Å². The summed E-state index contributed by atoms with van der Waals surface area (Å²) in [5.41, 5.74) is 0.703. The molecule has 1 saturated heterocycles. The van der Waals surface area contributed by atoms with E-state index in [1.807, 2.05) is 6.07 Å². The molecule has 28 heavy (non-hydrogen) atoms. The van der Waals surface area contributed by atoms with Crippen molar-refractivity contribution >= 4 is 24.2 Å². The number of fused-ring (bicyclic) bond motifs is 4. The van der Waals surface area contributed by atoms with Gasteiger partial charge in [-0.3, -0.25) is 19.0 Å². The van der Waals surface area contributed by atoms with Crippen molar-refractivity contribution in [1.29, 1.82) is 0 Å². The SMILES string of the molecule is CNC(=O)c1noc(CNC(=O)[C@H]2[C@@H]3CNC[C@@H](C3)c3cccc(=O)n32)n1.Cl. The van der Waals surface area contributed by atoms with Crippen molar-refractivity contribution in [3.63, 3.8) is 0 Å². The fourth-order valence-electron chi connectivity index (χ4n) is 3.93. The lowest BCUT2D eigenvalue weighted by molar-refractivity contribution is -0.127. The summed E-state index contributed by atoms with van der Waals surface area (Å²) in [6.07, 6.45) is 0.857. The van der Waals surface area contributed by atoms with Gasteiger partial charge in [-0.05, 0) is 12.5 Å². The molecule has 11 heteroatoms. The second-order valence-electron chi connectivity index (χ2n) is 6.76. The van der Waals surface area contributed by atoms with Crippen LogP contribution < -0.4 is 21.5 Å². The normalized spacial score (nSPS) is 22.5. The molecule has 2 amide bonds. The first kappa shape index (κ1) is 20.0. The molecule has 0 unspecified atom stereocenters. The molecule has 2 aromatic heterocycles. The summed E-state index contributed by atoms with van der Waals surface area (Å²) in [5.74, 6) is -0.466. The van der Waals surface area contributed by atoms with Gasteiger partial charge in [0, 0.05) is 43.7 Å². The Kier molecular flexibility index (Phi) is 5.80. The van der Waals surface area contributed by atoms with Gasteiger partial charge < -0.3 is 20.5 Å². The number of piperidine rings is 1. The topological polar surface area (TPSA) is 131 Å². The van der Waals surface area contributed by atoms with Crippen LogP contribution in [0.15, 0.2) is 27.5 Å². The lowest BCUT2D eigenvalue weighted by Crippen LogP contribution is -2.52. The number of rotatable bonds is 4. The summed E-state index contributed by atoms with van der Waals surface area (Å²) >= 11 is 0. The van der Waals surface area contributed by atoms with Crippen LogP contribution in [0, 0.1) is 5.92 Å². The zero-order valence-electron chi connectivity index (χ0n) is 15.2. The molecule has 4 rings (SSSR count). The molecule has 0 radical (unpaired) electrons. The van der Waals surface area contributed by atoms with Crippen LogP contribution in [0.2, 0.25) is 0 Å². The van der Waals surface area contributed by atoms with Crippen LogP contribution in [-0.4, -0.2) is 46.7 Å². The van der Waals surface area contributed by atoms with Gasteiger partial charge >= 0.3 is 0 Å². The quantitative estimate of drug-likeness (QED) is 0.625. The van der Waals surface area contributed by atoms with E-state index in [1.54, 1.807) is 10.6 Å². The summed E-state index contributed by atoms with van der Waals surface area (Å²) in [6, 6.07) is 4.52. The lowest BCUT2D eigenvalue weighted by Gasteiger charge is -2.42. The lowest BCUT2D eigenvalue weighted by atomic mass is 9.79. The van der Waals surface area contributed by atoms with E-state index >= 15 is 0 Å². The number of pyridine rings is 1. The fraction of sp³-hybridized carbons (Fsp3) is 0.471. The van der Waals surface area contributed by atoms with Crippen molar-refractivity contribution in [2.45, 2.75) is 24.9 Å². The zero-order valence-corrected chi connectivity index (χ0v) is 16.0. The zero-order chi connectivity index (χ0) is 19.0. The molecule has 0 spiro atoms. The Morgan fingerprint density at radius 2 is 2.18 bits per heavy atom. The minimum absolute atomic E-state index is 0. The molecule has 0 aromatic carbocycles. The number of amides is 2. The molecule has 2 bridgehead atoms. The molecule has 2 aliphatic heterocycles. The highest BCUT2D eigenvalue weighted by atomic mass is 35.5. The highest BCUT2D eigenvalue weighted by Crippen LogP contribution is 2.38.